The summed E-state index contributed by atoms with van der Waals surface area (Å²) in [7, 11) is 0. The van der Waals surface area contributed by atoms with E-state index in [4.69, 9.17) is 16.7 Å². The van der Waals surface area contributed by atoms with Gasteiger partial charge in [-0.3, -0.25) is 9.59 Å². The summed E-state index contributed by atoms with van der Waals surface area (Å²) in [6.07, 6.45) is 3.05. The molecule has 0 amide bonds. The van der Waals surface area contributed by atoms with E-state index in [-0.39, 0.29) is 11.7 Å². The van der Waals surface area contributed by atoms with Crippen LogP contribution in [0.15, 0.2) is 0 Å². The number of Topliss-reactive ketones (excluding diaryl/α,β-unsaturated/α-hetero) is 1. The minimum Gasteiger partial charge on any atom is -0.481 e. The summed E-state index contributed by atoms with van der Waals surface area (Å²) in [6, 6.07) is 0. The van der Waals surface area contributed by atoms with Crippen molar-refractivity contribution in [1.82, 2.24) is 0 Å². The third kappa shape index (κ3) is 1.92. The number of hydrogen-bond acceptors (Lipinski definition) is 2. The maximum absolute atomic E-state index is 11.5. The fourth-order valence-corrected chi connectivity index (χ4v) is 2.39. The summed E-state index contributed by atoms with van der Waals surface area (Å²) in [4.78, 5) is 22.6. The molecule has 1 rings (SSSR count). The van der Waals surface area contributed by atoms with E-state index in [1.54, 1.807) is 6.92 Å². The predicted octanol–water partition coefficient (Wildman–Crippen LogP) is 2.08. The average Bonchev–Trinajstić information content (AvgIpc) is 2.17. The SMILES string of the molecule is C[C@@]1(C(=O)O)CCCC[C@H]1C(=O)CCl. The molecule has 1 aliphatic rings. The van der Waals surface area contributed by atoms with E-state index in [0.29, 0.717) is 12.8 Å². The molecular weight excluding hydrogens is 204 g/mol. The molecule has 80 valence electrons. The van der Waals surface area contributed by atoms with Crippen LogP contribution in [0.1, 0.15) is 32.6 Å². The largest absolute Gasteiger partial charge is 0.481 e. The van der Waals surface area contributed by atoms with Crippen LogP contribution in [0.2, 0.25) is 0 Å². The van der Waals surface area contributed by atoms with Gasteiger partial charge in [0, 0.05) is 5.92 Å². The fourth-order valence-electron chi connectivity index (χ4n) is 2.20. The number of carboxylic acids is 1. The van der Waals surface area contributed by atoms with Crippen molar-refractivity contribution in [3.63, 3.8) is 0 Å². The molecule has 0 aromatic carbocycles. The minimum atomic E-state index is -0.899. The van der Waals surface area contributed by atoms with Crippen molar-refractivity contribution in [3.05, 3.63) is 0 Å². The van der Waals surface area contributed by atoms with Gasteiger partial charge >= 0.3 is 5.97 Å². The first-order valence-corrected chi connectivity index (χ1v) is 5.38. The standard InChI is InChI=1S/C10H15ClO3/c1-10(9(13)14)5-3-2-4-7(10)8(12)6-11/h7H,2-6H2,1H3,(H,13,14)/t7-,10+/m0/s1. The van der Waals surface area contributed by atoms with Crippen LogP contribution < -0.4 is 0 Å². The highest BCUT2D eigenvalue weighted by Gasteiger charge is 2.45. The van der Waals surface area contributed by atoms with E-state index in [0.717, 1.165) is 12.8 Å². The van der Waals surface area contributed by atoms with Crippen molar-refractivity contribution in [2.45, 2.75) is 32.6 Å². The van der Waals surface area contributed by atoms with Gasteiger partial charge in [0.2, 0.25) is 0 Å². The molecule has 1 N–H and O–H groups in total. The number of aliphatic carboxylic acids is 1. The normalized spacial score (nSPS) is 32.6. The Morgan fingerprint density at radius 2 is 2.14 bits per heavy atom. The van der Waals surface area contributed by atoms with E-state index in [9.17, 15) is 9.59 Å². The molecule has 2 atom stereocenters. The molecule has 1 saturated carbocycles. The lowest BCUT2D eigenvalue weighted by atomic mass is 9.66. The van der Waals surface area contributed by atoms with Crippen molar-refractivity contribution in [2.24, 2.45) is 11.3 Å². The van der Waals surface area contributed by atoms with Crippen molar-refractivity contribution < 1.29 is 14.7 Å². The van der Waals surface area contributed by atoms with Crippen LogP contribution in [0.25, 0.3) is 0 Å². The Hall–Kier alpha value is -0.570. The van der Waals surface area contributed by atoms with Crippen LogP contribution in [0.3, 0.4) is 0 Å². The van der Waals surface area contributed by atoms with Gasteiger partial charge in [-0.05, 0) is 19.8 Å². The number of rotatable bonds is 3. The molecule has 1 aliphatic carbocycles. The second-order valence-electron chi connectivity index (χ2n) is 4.12. The number of carbonyl (C=O) groups is 2. The zero-order chi connectivity index (χ0) is 10.8. The summed E-state index contributed by atoms with van der Waals surface area (Å²) < 4.78 is 0. The first-order chi connectivity index (χ1) is 6.52. The van der Waals surface area contributed by atoms with Gasteiger partial charge in [0.05, 0.1) is 11.3 Å². The van der Waals surface area contributed by atoms with Crippen LogP contribution in [-0.4, -0.2) is 22.7 Å². The monoisotopic (exact) mass is 218 g/mol. The second-order valence-corrected chi connectivity index (χ2v) is 4.39. The van der Waals surface area contributed by atoms with Gasteiger partial charge in [-0.25, -0.2) is 0 Å². The summed E-state index contributed by atoms with van der Waals surface area (Å²) >= 11 is 5.47. The molecule has 4 heteroatoms. The predicted molar refractivity (Wildman–Crippen MR) is 53.4 cm³/mol. The summed E-state index contributed by atoms with van der Waals surface area (Å²) in [5.41, 5.74) is -0.899. The zero-order valence-corrected chi connectivity index (χ0v) is 9.01. The van der Waals surface area contributed by atoms with Gasteiger partial charge in [0.25, 0.3) is 0 Å². The van der Waals surface area contributed by atoms with Crippen LogP contribution >= 0.6 is 11.6 Å². The topological polar surface area (TPSA) is 54.4 Å². The molecule has 3 nitrogen and oxygen atoms in total. The molecule has 14 heavy (non-hydrogen) atoms. The highest BCUT2D eigenvalue weighted by Crippen LogP contribution is 2.41. The molecule has 0 aromatic heterocycles. The molecule has 0 heterocycles. The maximum atomic E-state index is 11.5. The lowest BCUT2D eigenvalue weighted by Gasteiger charge is -2.36. The van der Waals surface area contributed by atoms with Gasteiger partial charge in [-0.1, -0.05) is 12.8 Å². The number of halogens is 1. The average molecular weight is 219 g/mol. The molecular formula is C10H15ClO3. The molecule has 0 saturated heterocycles. The smallest absolute Gasteiger partial charge is 0.310 e. The maximum Gasteiger partial charge on any atom is 0.310 e. The molecule has 0 aliphatic heterocycles. The Kier molecular flexibility index (Phi) is 3.53. The van der Waals surface area contributed by atoms with Gasteiger partial charge in [0.15, 0.2) is 5.78 Å². The number of carboxylic acid groups (broad SMARTS) is 1. The Labute approximate surface area is 88.4 Å². The molecule has 0 radical (unpaired) electrons. The fraction of sp³-hybridized carbons (Fsp3) is 0.800. The molecule has 0 aromatic rings. The first-order valence-electron chi connectivity index (χ1n) is 4.84. The summed E-state index contributed by atoms with van der Waals surface area (Å²) in [5.74, 6) is -1.48. The highest BCUT2D eigenvalue weighted by molar-refractivity contribution is 6.28. The third-order valence-electron chi connectivity index (χ3n) is 3.22. The molecule has 0 unspecified atom stereocenters. The van der Waals surface area contributed by atoms with Gasteiger partial charge in [-0.2, -0.15) is 0 Å². The third-order valence-corrected chi connectivity index (χ3v) is 3.48. The Balaban J connectivity index is 2.88. The first kappa shape index (κ1) is 11.5. The van der Waals surface area contributed by atoms with Crippen molar-refractivity contribution >= 4 is 23.4 Å². The highest BCUT2D eigenvalue weighted by atomic mass is 35.5. The number of carbonyl (C=O) groups excluding carboxylic acids is 1. The Morgan fingerprint density at radius 3 is 2.64 bits per heavy atom. The van der Waals surface area contributed by atoms with Crippen molar-refractivity contribution in [2.75, 3.05) is 5.88 Å². The van der Waals surface area contributed by atoms with Crippen LogP contribution in [0.4, 0.5) is 0 Å². The summed E-state index contributed by atoms with van der Waals surface area (Å²) in [6.45, 7) is 1.66. The number of hydrogen-bond donors (Lipinski definition) is 1. The Bertz CT molecular complexity index is 252. The lowest BCUT2D eigenvalue weighted by Crippen LogP contribution is -2.42. The van der Waals surface area contributed by atoms with Crippen molar-refractivity contribution in [3.8, 4) is 0 Å². The van der Waals surface area contributed by atoms with Crippen LogP contribution in [0, 0.1) is 11.3 Å². The van der Waals surface area contributed by atoms with E-state index in [1.807, 2.05) is 0 Å². The van der Waals surface area contributed by atoms with Crippen LogP contribution in [-0.2, 0) is 9.59 Å². The van der Waals surface area contributed by atoms with Gasteiger partial charge in [0.1, 0.15) is 0 Å². The van der Waals surface area contributed by atoms with Gasteiger partial charge < -0.3 is 5.11 Å². The number of alkyl halides is 1. The molecule has 0 spiro atoms. The quantitative estimate of drug-likeness (QED) is 0.738. The van der Waals surface area contributed by atoms with E-state index in [1.165, 1.54) is 0 Å². The van der Waals surface area contributed by atoms with Crippen molar-refractivity contribution in [1.29, 1.82) is 0 Å². The molecule has 1 fully saturated rings. The Morgan fingerprint density at radius 1 is 1.50 bits per heavy atom. The van der Waals surface area contributed by atoms with Crippen LogP contribution in [0.5, 0.6) is 0 Å². The van der Waals surface area contributed by atoms with Gasteiger partial charge in [-0.15, -0.1) is 11.6 Å². The van der Waals surface area contributed by atoms with E-state index < -0.39 is 17.3 Å². The van der Waals surface area contributed by atoms with E-state index >= 15 is 0 Å². The summed E-state index contributed by atoms with van der Waals surface area (Å²) in [5, 5.41) is 9.12. The second kappa shape index (κ2) is 4.30. The minimum absolute atomic E-state index is 0.0759. The number of ketones is 1. The molecule has 0 bridgehead atoms. The van der Waals surface area contributed by atoms with E-state index in [2.05, 4.69) is 0 Å². The zero-order valence-electron chi connectivity index (χ0n) is 8.25. The lowest BCUT2D eigenvalue weighted by molar-refractivity contribution is -0.157.